The molecule has 0 spiro atoms. The highest BCUT2D eigenvalue weighted by Crippen LogP contribution is 2.36. The highest BCUT2D eigenvalue weighted by atomic mass is 15.2. The monoisotopic (exact) mass is 225 g/mol. The van der Waals surface area contributed by atoms with Crippen LogP contribution in [0.5, 0.6) is 0 Å². The molecular weight excluding hydrogens is 194 g/mol. The van der Waals surface area contributed by atoms with E-state index < -0.39 is 0 Å². The van der Waals surface area contributed by atoms with Crippen LogP contribution in [0.3, 0.4) is 0 Å². The number of rotatable bonds is 6. The molecule has 1 heterocycles. The Morgan fingerprint density at radius 1 is 0.938 bits per heavy atom. The first-order chi connectivity index (χ1) is 7.50. The molecule has 0 N–H and O–H groups in total. The van der Waals surface area contributed by atoms with Gasteiger partial charge in [0.15, 0.2) is 0 Å². The SMILES string of the molecule is CCC(CC(C)C)(CC(C)C)N1CCCC1. The van der Waals surface area contributed by atoms with E-state index in [0.717, 1.165) is 11.8 Å². The second kappa shape index (κ2) is 6.05. The van der Waals surface area contributed by atoms with E-state index in [1.165, 1.54) is 45.2 Å². The maximum atomic E-state index is 2.80. The van der Waals surface area contributed by atoms with Crippen LogP contribution in [-0.2, 0) is 0 Å². The molecule has 1 aliphatic rings. The molecule has 0 aromatic heterocycles. The molecule has 0 saturated carbocycles. The Hall–Kier alpha value is -0.0400. The molecule has 0 aromatic carbocycles. The molecule has 1 heteroatoms. The molecular formula is C15H31N. The standard InChI is InChI=1S/C15H31N/c1-6-15(11-13(2)3,12-14(4)5)16-9-7-8-10-16/h13-14H,6-12H2,1-5H3. The Morgan fingerprint density at radius 3 is 1.69 bits per heavy atom. The van der Waals surface area contributed by atoms with Crippen LogP contribution in [0, 0.1) is 11.8 Å². The molecule has 1 rings (SSSR count). The van der Waals surface area contributed by atoms with Crippen LogP contribution in [0.25, 0.3) is 0 Å². The molecule has 0 radical (unpaired) electrons. The van der Waals surface area contributed by atoms with Gasteiger partial charge in [0.25, 0.3) is 0 Å². The average Bonchev–Trinajstić information content (AvgIpc) is 2.68. The van der Waals surface area contributed by atoms with E-state index in [9.17, 15) is 0 Å². The lowest BCUT2D eigenvalue weighted by molar-refractivity contribution is 0.0645. The minimum absolute atomic E-state index is 0.499. The van der Waals surface area contributed by atoms with Gasteiger partial charge in [0, 0.05) is 5.54 Å². The first kappa shape index (κ1) is 14.0. The smallest absolute Gasteiger partial charge is 0.0211 e. The van der Waals surface area contributed by atoms with Gasteiger partial charge in [-0.1, -0.05) is 34.6 Å². The highest BCUT2D eigenvalue weighted by Gasteiger charge is 2.37. The van der Waals surface area contributed by atoms with Crippen LogP contribution in [0.2, 0.25) is 0 Å². The van der Waals surface area contributed by atoms with Crippen molar-refractivity contribution >= 4 is 0 Å². The second-order valence-electron chi connectivity index (χ2n) is 6.47. The van der Waals surface area contributed by atoms with Crippen LogP contribution < -0.4 is 0 Å². The van der Waals surface area contributed by atoms with Crippen molar-refractivity contribution in [1.82, 2.24) is 4.90 Å². The predicted octanol–water partition coefficient (Wildman–Crippen LogP) is 4.32. The third-order valence-corrected chi connectivity index (χ3v) is 4.01. The minimum atomic E-state index is 0.499. The highest BCUT2D eigenvalue weighted by molar-refractivity contribution is 4.93. The molecule has 0 aliphatic carbocycles. The minimum Gasteiger partial charge on any atom is -0.298 e. The summed E-state index contributed by atoms with van der Waals surface area (Å²) in [5, 5.41) is 0. The molecule has 0 atom stereocenters. The molecule has 1 nitrogen and oxygen atoms in total. The molecule has 0 unspecified atom stereocenters. The summed E-state index contributed by atoms with van der Waals surface area (Å²) in [5.74, 6) is 1.64. The summed E-state index contributed by atoms with van der Waals surface area (Å²) in [5.41, 5.74) is 0.499. The van der Waals surface area contributed by atoms with E-state index >= 15 is 0 Å². The molecule has 1 aliphatic heterocycles. The van der Waals surface area contributed by atoms with Crippen molar-refractivity contribution in [3.63, 3.8) is 0 Å². The van der Waals surface area contributed by atoms with Gasteiger partial charge in [0.05, 0.1) is 0 Å². The summed E-state index contributed by atoms with van der Waals surface area (Å²) in [6.45, 7) is 14.6. The number of hydrogen-bond donors (Lipinski definition) is 0. The van der Waals surface area contributed by atoms with E-state index in [4.69, 9.17) is 0 Å². The van der Waals surface area contributed by atoms with E-state index in [0.29, 0.717) is 5.54 Å². The van der Waals surface area contributed by atoms with Crippen LogP contribution in [0.15, 0.2) is 0 Å². The zero-order chi connectivity index (χ0) is 12.2. The predicted molar refractivity (Wildman–Crippen MR) is 72.7 cm³/mol. The molecule has 0 aromatic rings. The Balaban J connectivity index is 2.77. The van der Waals surface area contributed by atoms with Gasteiger partial charge >= 0.3 is 0 Å². The molecule has 0 amide bonds. The summed E-state index contributed by atoms with van der Waals surface area (Å²) >= 11 is 0. The van der Waals surface area contributed by atoms with Gasteiger partial charge in [0.1, 0.15) is 0 Å². The molecule has 96 valence electrons. The normalized spacial score (nSPS) is 18.9. The van der Waals surface area contributed by atoms with Crippen LogP contribution in [0.1, 0.15) is 66.7 Å². The van der Waals surface area contributed by atoms with Gasteiger partial charge in [-0.25, -0.2) is 0 Å². The topological polar surface area (TPSA) is 3.24 Å². The van der Waals surface area contributed by atoms with E-state index in [1.807, 2.05) is 0 Å². The number of hydrogen-bond acceptors (Lipinski definition) is 1. The van der Waals surface area contributed by atoms with Crippen molar-refractivity contribution in [2.45, 2.75) is 72.3 Å². The van der Waals surface area contributed by atoms with Gasteiger partial charge in [-0.05, 0) is 57.0 Å². The lowest BCUT2D eigenvalue weighted by Gasteiger charge is -2.44. The van der Waals surface area contributed by atoms with Crippen molar-refractivity contribution < 1.29 is 0 Å². The van der Waals surface area contributed by atoms with Crippen LogP contribution in [0.4, 0.5) is 0 Å². The fourth-order valence-electron chi connectivity index (χ4n) is 3.57. The summed E-state index contributed by atoms with van der Waals surface area (Å²) in [6, 6.07) is 0. The fraction of sp³-hybridized carbons (Fsp3) is 1.00. The van der Waals surface area contributed by atoms with E-state index in [2.05, 4.69) is 39.5 Å². The summed E-state index contributed by atoms with van der Waals surface area (Å²) in [4.78, 5) is 2.80. The van der Waals surface area contributed by atoms with Crippen LogP contribution in [-0.4, -0.2) is 23.5 Å². The van der Waals surface area contributed by atoms with Gasteiger partial charge in [-0.3, -0.25) is 4.90 Å². The van der Waals surface area contributed by atoms with Gasteiger partial charge in [-0.15, -0.1) is 0 Å². The van der Waals surface area contributed by atoms with Crippen molar-refractivity contribution in [2.75, 3.05) is 13.1 Å². The summed E-state index contributed by atoms with van der Waals surface area (Å²) < 4.78 is 0. The molecule has 16 heavy (non-hydrogen) atoms. The number of nitrogens with zero attached hydrogens (tertiary/aromatic N) is 1. The molecule has 0 bridgehead atoms. The largest absolute Gasteiger partial charge is 0.298 e. The van der Waals surface area contributed by atoms with Crippen LogP contribution >= 0.6 is 0 Å². The van der Waals surface area contributed by atoms with E-state index in [-0.39, 0.29) is 0 Å². The quantitative estimate of drug-likeness (QED) is 0.650. The van der Waals surface area contributed by atoms with Crippen molar-refractivity contribution in [1.29, 1.82) is 0 Å². The lowest BCUT2D eigenvalue weighted by Crippen LogP contribution is -2.48. The van der Waals surface area contributed by atoms with Crippen molar-refractivity contribution in [3.8, 4) is 0 Å². The first-order valence-corrected chi connectivity index (χ1v) is 7.25. The van der Waals surface area contributed by atoms with Crippen molar-refractivity contribution in [3.05, 3.63) is 0 Å². The average molecular weight is 225 g/mol. The van der Waals surface area contributed by atoms with Gasteiger partial charge < -0.3 is 0 Å². The zero-order valence-electron chi connectivity index (χ0n) is 12.1. The third kappa shape index (κ3) is 3.48. The third-order valence-electron chi connectivity index (χ3n) is 4.01. The fourth-order valence-corrected chi connectivity index (χ4v) is 3.57. The van der Waals surface area contributed by atoms with E-state index in [1.54, 1.807) is 0 Å². The zero-order valence-corrected chi connectivity index (χ0v) is 12.1. The Kier molecular flexibility index (Phi) is 5.30. The lowest BCUT2D eigenvalue weighted by atomic mass is 9.78. The summed E-state index contributed by atoms with van der Waals surface area (Å²) in [6.07, 6.45) is 6.91. The second-order valence-corrected chi connectivity index (χ2v) is 6.47. The summed E-state index contributed by atoms with van der Waals surface area (Å²) in [7, 11) is 0. The Labute approximate surface area is 103 Å². The van der Waals surface area contributed by atoms with Crippen molar-refractivity contribution in [2.24, 2.45) is 11.8 Å². The molecule has 1 saturated heterocycles. The first-order valence-electron chi connectivity index (χ1n) is 7.25. The van der Waals surface area contributed by atoms with Gasteiger partial charge in [0.2, 0.25) is 0 Å². The van der Waals surface area contributed by atoms with Gasteiger partial charge in [-0.2, -0.15) is 0 Å². The maximum absolute atomic E-state index is 2.80. The Morgan fingerprint density at radius 2 is 1.38 bits per heavy atom. The maximum Gasteiger partial charge on any atom is 0.0211 e. The Bertz CT molecular complexity index is 180. The molecule has 1 fully saturated rings. The number of likely N-dealkylation sites (tertiary alicyclic amines) is 1.